The monoisotopic (exact) mass is 840 g/mol. The topological polar surface area (TPSA) is 105 Å². The highest BCUT2D eigenvalue weighted by atomic mass is 31.2. The first kappa shape index (κ1) is 56.7. The van der Waals surface area contributed by atoms with Gasteiger partial charge in [-0.1, -0.05) is 198 Å². The number of aliphatic hydroxyl groups is 1. The Labute approximate surface area is 359 Å². The van der Waals surface area contributed by atoms with Crippen LogP contribution in [0, 0.1) is 0 Å². The molecule has 342 valence electrons. The van der Waals surface area contributed by atoms with Crippen molar-refractivity contribution in [1.82, 2.24) is 5.32 Å². The summed E-state index contributed by atoms with van der Waals surface area (Å²) in [6.45, 7) is 4.80. The fraction of sp³-hybridized carbons (Fsp3) is 0.857. The maximum atomic E-state index is 12.9. The molecule has 0 aromatic rings. The van der Waals surface area contributed by atoms with Gasteiger partial charge in [-0.15, -0.1) is 0 Å². The Bertz CT molecular complexity index is 1040. The summed E-state index contributed by atoms with van der Waals surface area (Å²) >= 11 is 0. The zero-order chi connectivity index (χ0) is 42.8. The van der Waals surface area contributed by atoms with Crippen molar-refractivity contribution in [2.45, 2.75) is 231 Å². The molecule has 0 aliphatic heterocycles. The highest BCUT2D eigenvalue weighted by molar-refractivity contribution is 7.47. The number of carbonyl (C=O) groups is 1. The third kappa shape index (κ3) is 42.8. The molecule has 0 aromatic heterocycles. The van der Waals surface area contributed by atoms with Gasteiger partial charge in [0, 0.05) is 6.42 Å². The zero-order valence-corrected chi connectivity index (χ0v) is 39.7. The van der Waals surface area contributed by atoms with Crippen LogP contribution in [-0.2, 0) is 18.4 Å². The number of likely N-dealkylation sites (N-methyl/N-ethyl adjacent to an activating group) is 1. The Morgan fingerprint density at radius 2 is 0.983 bits per heavy atom. The van der Waals surface area contributed by atoms with Gasteiger partial charge < -0.3 is 19.8 Å². The predicted molar refractivity (Wildman–Crippen MR) is 249 cm³/mol. The van der Waals surface area contributed by atoms with Crippen molar-refractivity contribution in [1.29, 1.82) is 0 Å². The van der Waals surface area contributed by atoms with E-state index in [1.807, 2.05) is 27.2 Å². The minimum Gasteiger partial charge on any atom is -0.387 e. The van der Waals surface area contributed by atoms with Crippen LogP contribution in [0.25, 0.3) is 0 Å². The van der Waals surface area contributed by atoms with E-state index < -0.39 is 20.0 Å². The summed E-state index contributed by atoms with van der Waals surface area (Å²) in [5, 5.41) is 13.9. The Kier molecular flexibility index (Phi) is 40.2. The summed E-state index contributed by atoms with van der Waals surface area (Å²) in [6.07, 6.45) is 50.7. The van der Waals surface area contributed by atoms with Gasteiger partial charge in [0.25, 0.3) is 0 Å². The number of rotatable bonds is 44. The molecule has 0 saturated heterocycles. The number of aliphatic hydroxyl groups excluding tert-OH is 1. The lowest BCUT2D eigenvalue weighted by atomic mass is 10.0. The van der Waals surface area contributed by atoms with Crippen LogP contribution >= 0.6 is 7.82 Å². The third-order valence-corrected chi connectivity index (χ3v) is 11.8. The van der Waals surface area contributed by atoms with Crippen LogP contribution in [0.4, 0.5) is 0 Å². The van der Waals surface area contributed by atoms with Gasteiger partial charge in [0.05, 0.1) is 39.9 Å². The summed E-state index contributed by atoms with van der Waals surface area (Å²) in [4.78, 5) is 23.2. The molecular formula is C49H96N2O6P+. The number of hydrogen-bond acceptors (Lipinski definition) is 5. The summed E-state index contributed by atoms with van der Waals surface area (Å²) < 4.78 is 23.6. The number of phosphoric acid groups is 1. The second-order valence-corrected chi connectivity index (χ2v) is 19.3. The lowest BCUT2D eigenvalue weighted by molar-refractivity contribution is -0.870. The van der Waals surface area contributed by atoms with Gasteiger partial charge in [0.2, 0.25) is 5.91 Å². The van der Waals surface area contributed by atoms with Gasteiger partial charge in [0.1, 0.15) is 13.2 Å². The van der Waals surface area contributed by atoms with Crippen molar-refractivity contribution < 1.29 is 32.9 Å². The van der Waals surface area contributed by atoms with Crippen LogP contribution in [0.5, 0.6) is 0 Å². The minimum absolute atomic E-state index is 0.0586. The van der Waals surface area contributed by atoms with Crippen LogP contribution < -0.4 is 5.32 Å². The Balaban J connectivity index is 4.38. The summed E-state index contributed by atoms with van der Waals surface area (Å²) in [5.74, 6) is -0.190. The van der Waals surface area contributed by atoms with Crippen molar-refractivity contribution in [2.24, 2.45) is 0 Å². The zero-order valence-electron chi connectivity index (χ0n) is 38.8. The number of hydrogen-bond donors (Lipinski definition) is 3. The molecule has 58 heavy (non-hydrogen) atoms. The number of nitrogens with zero attached hydrogens (tertiary/aromatic N) is 1. The van der Waals surface area contributed by atoms with Crippen molar-refractivity contribution in [3.63, 3.8) is 0 Å². The quantitative estimate of drug-likeness (QED) is 0.0244. The number of nitrogens with one attached hydrogen (secondary N) is 1. The molecular weight excluding hydrogens is 744 g/mol. The molecule has 8 nitrogen and oxygen atoms in total. The first-order chi connectivity index (χ1) is 28.0. The van der Waals surface area contributed by atoms with Crippen LogP contribution in [0.1, 0.15) is 219 Å². The van der Waals surface area contributed by atoms with Gasteiger partial charge in [-0.05, 0) is 51.4 Å². The molecule has 0 rings (SSSR count). The predicted octanol–water partition coefficient (Wildman–Crippen LogP) is 13.9. The number of unbranched alkanes of at least 4 members (excludes halogenated alkanes) is 27. The molecule has 0 heterocycles. The van der Waals surface area contributed by atoms with E-state index in [2.05, 4.69) is 43.5 Å². The molecule has 3 atom stereocenters. The van der Waals surface area contributed by atoms with Gasteiger partial charge in [-0.25, -0.2) is 4.57 Å². The van der Waals surface area contributed by atoms with E-state index in [-0.39, 0.29) is 19.1 Å². The summed E-state index contributed by atoms with van der Waals surface area (Å²) in [7, 11) is 1.56. The SMILES string of the molecule is CCCCCC/C=C\C/C=C\CCCCCCCC(=O)NC(COP(=O)(O)OCC[N+](C)(C)C)C(O)/C=C/CCCCCCCCCCCCCCCCCCCC. The highest BCUT2D eigenvalue weighted by Crippen LogP contribution is 2.43. The maximum absolute atomic E-state index is 12.9. The van der Waals surface area contributed by atoms with Crippen molar-refractivity contribution in [2.75, 3.05) is 40.9 Å². The van der Waals surface area contributed by atoms with Crippen LogP contribution in [0.15, 0.2) is 36.5 Å². The number of amides is 1. The molecule has 0 radical (unpaired) electrons. The molecule has 9 heteroatoms. The van der Waals surface area contributed by atoms with E-state index in [4.69, 9.17) is 9.05 Å². The molecule has 0 aromatic carbocycles. The van der Waals surface area contributed by atoms with Gasteiger partial charge in [-0.3, -0.25) is 13.8 Å². The first-order valence-corrected chi connectivity index (χ1v) is 25.9. The van der Waals surface area contributed by atoms with Gasteiger partial charge >= 0.3 is 7.82 Å². The van der Waals surface area contributed by atoms with Crippen LogP contribution in [-0.4, -0.2) is 73.4 Å². The summed E-state index contributed by atoms with van der Waals surface area (Å²) in [5.41, 5.74) is 0. The van der Waals surface area contributed by atoms with Gasteiger partial charge in [0.15, 0.2) is 0 Å². The standard InChI is InChI=1S/C49H95N2O6P/c1-6-8-10-12-14-16-18-20-22-24-25-26-27-28-30-32-34-36-38-40-42-48(52)47(46-57-58(54,55)56-45-44-51(3,4)5)50-49(53)43-41-39-37-35-33-31-29-23-21-19-17-15-13-11-9-7-2/h17,19,23,29,40,42,47-48,52H,6-16,18,20-22,24-28,30-39,41,43-46H2,1-5H3,(H-,50,53,54,55)/p+1/b19-17-,29-23-,42-40+. The smallest absolute Gasteiger partial charge is 0.387 e. The number of phosphoric ester groups is 1. The second kappa shape index (κ2) is 41.1. The van der Waals surface area contributed by atoms with E-state index in [1.54, 1.807) is 6.08 Å². The van der Waals surface area contributed by atoms with Crippen LogP contribution in [0.2, 0.25) is 0 Å². The molecule has 0 fully saturated rings. The minimum atomic E-state index is -4.34. The molecule has 0 saturated carbocycles. The van der Waals surface area contributed by atoms with Gasteiger partial charge in [-0.2, -0.15) is 0 Å². The molecule has 0 aliphatic carbocycles. The van der Waals surface area contributed by atoms with E-state index >= 15 is 0 Å². The number of carbonyl (C=O) groups excluding carboxylic acids is 1. The van der Waals surface area contributed by atoms with E-state index in [0.29, 0.717) is 17.4 Å². The molecule has 0 aliphatic rings. The average molecular weight is 840 g/mol. The maximum Gasteiger partial charge on any atom is 0.472 e. The van der Waals surface area contributed by atoms with E-state index in [9.17, 15) is 19.4 Å². The van der Waals surface area contributed by atoms with E-state index in [0.717, 1.165) is 64.2 Å². The van der Waals surface area contributed by atoms with Crippen molar-refractivity contribution >= 4 is 13.7 Å². The molecule has 0 spiro atoms. The van der Waals surface area contributed by atoms with E-state index in [1.165, 1.54) is 135 Å². The van der Waals surface area contributed by atoms with Crippen molar-refractivity contribution in [3.8, 4) is 0 Å². The lowest BCUT2D eigenvalue weighted by Gasteiger charge is -2.25. The fourth-order valence-electron chi connectivity index (χ4n) is 6.95. The summed E-state index contributed by atoms with van der Waals surface area (Å²) in [6, 6.07) is -0.853. The Morgan fingerprint density at radius 3 is 1.43 bits per heavy atom. The largest absolute Gasteiger partial charge is 0.472 e. The first-order valence-electron chi connectivity index (χ1n) is 24.4. The molecule has 3 unspecified atom stereocenters. The average Bonchev–Trinajstić information content (AvgIpc) is 3.17. The fourth-order valence-corrected chi connectivity index (χ4v) is 7.69. The highest BCUT2D eigenvalue weighted by Gasteiger charge is 2.27. The lowest BCUT2D eigenvalue weighted by Crippen LogP contribution is -2.45. The van der Waals surface area contributed by atoms with Crippen molar-refractivity contribution in [3.05, 3.63) is 36.5 Å². The molecule has 1 amide bonds. The second-order valence-electron chi connectivity index (χ2n) is 17.8. The Hall–Kier alpha value is -1.28. The number of allylic oxidation sites excluding steroid dienone is 5. The van der Waals surface area contributed by atoms with Crippen LogP contribution in [0.3, 0.4) is 0 Å². The third-order valence-electron chi connectivity index (χ3n) is 10.9. The normalized spacial score (nSPS) is 14.5. The Morgan fingerprint density at radius 1 is 0.586 bits per heavy atom. The molecule has 0 bridgehead atoms. The number of quaternary nitrogens is 1. The molecule has 3 N–H and O–H groups in total.